The van der Waals surface area contributed by atoms with Crippen molar-refractivity contribution in [1.29, 1.82) is 0 Å². The van der Waals surface area contributed by atoms with Crippen molar-refractivity contribution in [1.82, 2.24) is 0 Å². The molecule has 1 aliphatic rings. The Morgan fingerprint density at radius 3 is 2.12 bits per heavy atom. The molecule has 1 aliphatic heterocycles. The summed E-state index contributed by atoms with van der Waals surface area (Å²) in [7, 11) is 0. The van der Waals surface area contributed by atoms with Gasteiger partial charge in [-0.15, -0.1) is 23.5 Å². The molecular weight excluding hydrogens is 581 g/mol. The van der Waals surface area contributed by atoms with Crippen LogP contribution in [0.4, 0.5) is 0 Å². The molecule has 0 saturated carbocycles. The van der Waals surface area contributed by atoms with Gasteiger partial charge >= 0.3 is 5.97 Å². The summed E-state index contributed by atoms with van der Waals surface area (Å²) in [5.41, 5.74) is 2.78. The number of thioether (sulfide) groups is 2. The Bertz CT molecular complexity index is 1540. The number of hydrogen-bond acceptors (Lipinski definition) is 7. The summed E-state index contributed by atoms with van der Waals surface area (Å²) in [5.74, 6) is -0.856. The largest absolute Gasteiger partial charge is 0.489 e. The predicted molar refractivity (Wildman–Crippen MR) is 171 cm³/mol. The molecule has 212 valence electrons. The molecule has 0 bridgehead atoms. The van der Waals surface area contributed by atoms with Gasteiger partial charge in [0.05, 0.1) is 18.6 Å². The van der Waals surface area contributed by atoms with E-state index in [2.05, 4.69) is 41.1 Å². The number of ether oxygens (including phenoxy) is 2. The third-order valence-electron chi connectivity index (χ3n) is 7.34. The highest BCUT2D eigenvalue weighted by Crippen LogP contribution is 2.62. The molecule has 6 rings (SSSR count). The Morgan fingerprint density at radius 2 is 1.50 bits per heavy atom. The molecule has 4 aromatic carbocycles. The van der Waals surface area contributed by atoms with Gasteiger partial charge in [0.2, 0.25) is 0 Å². The van der Waals surface area contributed by atoms with E-state index in [1.807, 2.05) is 91.0 Å². The van der Waals surface area contributed by atoms with Crippen molar-refractivity contribution in [2.45, 2.75) is 26.6 Å². The molecular formula is C35H30O4S3. The third kappa shape index (κ3) is 6.30. The molecule has 3 unspecified atom stereocenters. The van der Waals surface area contributed by atoms with Gasteiger partial charge in [0, 0.05) is 15.7 Å². The number of aliphatic hydroxyl groups is 1. The minimum absolute atomic E-state index is 0.209. The average molecular weight is 611 g/mol. The number of aliphatic hydroxyl groups excluding tert-OH is 1. The highest BCUT2D eigenvalue weighted by Gasteiger charge is 2.55. The van der Waals surface area contributed by atoms with Gasteiger partial charge in [-0.05, 0) is 69.9 Å². The van der Waals surface area contributed by atoms with Gasteiger partial charge in [0.15, 0.2) is 0 Å². The molecule has 2 heterocycles. The van der Waals surface area contributed by atoms with Crippen molar-refractivity contribution < 1.29 is 19.4 Å². The standard InChI is InChI=1S/C35H30O4S3/c36-33(26-13-10-14-28(21-26)38-22-25-11-4-1-5-12-25)32-31(23-39-34(32)37)35(27-19-20-40-24-27,41-29-15-6-2-7-16-29)42-30-17-8-3-9-18-30/h1-21,24,31-33,36H,22-23H2. The Hall–Kier alpha value is -3.49. The summed E-state index contributed by atoms with van der Waals surface area (Å²) in [6.07, 6.45) is -1.07. The second-order valence-electron chi connectivity index (χ2n) is 10.1. The van der Waals surface area contributed by atoms with E-state index in [4.69, 9.17) is 9.47 Å². The first kappa shape index (κ1) is 28.6. The molecule has 1 fully saturated rings. The zero-order valence-electron chi connectivity index (χ0n) is 22.7. The number of hydrogen-bond donors (Lipinski definition) is 1. The fourth-order valence-corrected chi connectivity index (χ4v) is 9.38. The Labute approximate surface area is 258 Å². The molecule has 3 atom stereocenters. The number of thiophene rings is 1. The number of benzene rings is 4. The van der Waals surface area contributed by atoms with Crippen LogP contribution < -0.4 is 4.74 Å². The van der Waals surface area contributed by atoms with Crippen LogP contribution in [0.15, 0.2) is 142 Å². The topological polar surface area (TPSA) is 55.8 Å². The van der Waals surface area contributed by atoms with Crippen LogP contribution in [0.5, 0.6) is 5.75 Å². The molecule has 5 aromatic rings. The van der Waals surface area contributed by atoms with Gasteiger partial charge < -0.3 is 14.6 Å². The van der Waals surface area contributed by atoms with Crippen LogP contribution in [0.25, 0.3) is 0 Å². The van der Waals surface area contributed by atoms with E-state index in [1.54, 1.807) is 34.9 Å². The zero-order valence-corrected chi connectivity index (χ0v) is 25.2. The van der Waals surface area contributed by atoms with Crippen LogP contribution in [-0.2, 0) is 20.2 Å². The fraction of sp³-hybridized carbons (Fsp3) is 0.171. The molecule has 0 radical (unpaired) electrons. The fourth-order valence-electron chi connectivity index (χ4n) is 5.26. The summed E-state index contributed by atoms with van der Waals surface area (Å²) in [5, 5.41) is 16.1. The SMILES string of the molecule is O=C1OCC(C(Sc2ccccc2)(Sc2ccccc2)c2ccsc2)C1C(O)c1cccc(OCc2ccccc2)c1. The summed E-state index contributed by atoms with van der Waals surface area (Å²) >= 11 is 5.06. The molecule has 0 spiro atoms. The quantitative estimate of drug-likeness (QED) is 0.0919. The van der Waals surface area contributed by atoms with Gasteiger partial charge in [-0.1, -0.05) is 78.9 Å². The van der Waals surface area contributed by atoms with Crippen molar-refractivity contribution in [3.05, 3.63) is 149 Å². The smallest absolute Gasteiger partial charge is 0.312 e. The highest BCUT2D eigenvalue weighted by atomic mass is 32.2. The van der Waals surface area contributed by atoms with Crippen molar-refractivity contribution in [3.8, 4) is 5.75 Å². The molecule has 4 nitrogen and oxygen atoms in total. The van der Waals surface area contributed by atoms with E-state index in [0.29, 0.717) is 17.9 Å². The van der Waals surface area contributed by atoms with Crippen molar-refractivity contribution in [2.24, 2.45) is 11.8 Å². The van der Waals surface area contributed by atoms with Crippen molar-refractivity contribution >= 4 is 40.8 Å². The van der Waals surface area contributed by atoms with Crippen LogP contribution in [0.2, 0.25) is 0 Å². The highest BCUT2D eigenvalue weighted by molar-refractivity contribution is 8.17. The molecule has 1 N–H and O–H groups in total. The number of esters is 1. The first-order valence-corrected chi connectivity index (χ1v) is 16.3. The Kier molecular flexibility index (Phi) is 9.01. The van der Waals surface area contributed by atoms with Gasteiger partial charge in [-0.25, -0.2) is 0 Å². The van der Waals surface area contributed by atoms with Gasteiger partial charge in [0.25, 0.3) is 0 Å². The second-order valence-corrected chi connectivity index (χ2v) is 13.7. The summed E-state index contributed by atoms with van der Waals surface area (Å²) in [6.45, 7) is 0.622. The maximum Gasteiger partial charge on any atom is 0.312 e. The van der Waals surface area contributed by atoms with E-state index in [0.717, 1.165) is 20.9 Å². The summed E-state index contributed by atoms with van der Waals surface area (Å²) in [4.78, 5) is 15.6. The van der Waals surface area contributed by atoms with Gasteiger partial charge in [0.1, 0.15) is 16.4 Å². The molecule has 1 aromatic heterocycles. The average Bonchev–Trinajstić information content (AvgIpc) is 3.72. The second kappa shape index (κ2) is 13.2. The predicted octanol–water partition coefficient (Wildman–Crippen LogP) is 8.59. The van der Waals surface area contributed by atoms with Crippen LogP contribution in [0.3, 0.4) is 0 Å². The monoisotopic (exact) mass is 610 g/mol. The summed E-state index contributed by atoms with van der Waals surface area (Å²) < 4.78 is 11.2. The number of rotatable bonds is 11. The summed E-state index contributed by atoms with van der Waals surface area (Å²) in [6, 6.07) is 40.0. The lowest BCUT2D eigenvalue weighted by Crippen LogP contribution is -2.37. The van der Waals surface area contributed by atoms with Gasteiger partial charge in [-0.2, -0.15) is 11.3 Å². The van der Waals surface area contributed by atoms with E-state index in [-0.39, 0.29) is 18.5 Å². The van der Waals surface area contributed by atoms with Crippen LogP contribution in [0, 0.1) is 11.8 Å². The lowest BCUT2D eigenvalue weighted by Gasteiger charge is -2.40. The first-order chi connectivity index (χ1) is 20.6. The van der Waals surface area contributed by atoms with E-state index >= 15 is 0 Å². The van der Waals surface area contributed by atoms with Gasteiger partial charge in [-0.3, -0.25) is 4.79 Å². The molecule has 0 aliphatic carbocycles. The van der Waals surface area contributed by atoms with Crippen molar-refractivity contribution in [2.75, 3.05) is 6.61 Å². The minimum atomic E-state index is -1.07. The first-order valence-electron chi connectivity index (χ1n) is 13.7. The number of carbonyl (C=O) groups is 1. The number of cyclic esters (lactones) is 1. The van der Waals surface area contributed by atoms with Crippen LogP contribution >= 0.6 is 34.9 Å². The van der Waals surface area contributed by atoms with E-state index in [9.17, 15) is 9.90 Å². The Balaban J connectivity index is 1.37. The van der Waals surface area contributed by atoms with Crippen LogP contribution in [-0.4, -0.2) is 17.7 Å². The maximum atomic E-state index is 13.5. The normalized spacial score (nSPS) is 17.5. The minimum Gasteiger partial charge on any atom is -0.489 e. The zero-order chi connectivity index (χ0) is 28.8. The van der Waals surface area contributed by atoms with Crippen molar-refractivity contribution in [3.63, 3.8) is 0 Å². The van der Waals surface area contributed by atoms with Crippen LogP contribution in [0.1, 0.15) is 22.8 Å². The molecule has 1 saturated heterocycles. The Morgan fingerprint density at radius 1 is 0.857 bits per heavy atom. The lowest BCUT2D eigenvalue weighted by atomic mass is 9.82. The maximum absolute atomic E-state index is 13.5. The molecule has 42 heavy (non-hydrogen) atoms. The van der Waals surface area contributed by atoms with E-state index < -0.39 is 16.1 Å². The lowest BCUT2D eigenvalue weighted by molar-refractivity contribution is -0.144. The third-order valence-corrected chi connectivity index (χ3v) is 11.2. The molecule has 0 amide bonds. The molecule has 7 heteroatoms. The number of carbonyl (C=O) groups excluding carboxylic acids is 1. The van der Waals surface area contributed by atoms with E-state index in [1.165, 1.54) is 0 Å².